The van der Waals surface area contributed by atoms with Gasteiger partial charge in [0.05, 0.1) is 5.52 Å². The third-order valence-corrected chi connectivity index (χ3v) is 2.76. The predicted molar refractivity (Wildman–Crippen MR) is 66.9 cm³/mol. The first-order chi connectivity index (χ1) is 7.61. The van der Waals surface area contributed by atoms with Crippen LogP contribution in [0.2, 0.25) is 0 Å². The van der Waals surface area contributed by atoms with Gasteiger partial charge in [0.2, 0.25) is 0 Å². The Hall–Kier alpha value is -1.90. The number of nitrogens with zero attached hydrogens (tertiary/aromatic N) is 1. The molecule has 82 valence electrons. The molecule has 0 saturated carbocycles. The van der Waals surface area contributed by atoms with Gasteiger partial charge in [-0.3, -0.25) is 5.41 Å². The average molecular weight is 213 g/mol. The van der Waals surface area contributed by atoms with Gasteiger partial charge in [0, 0.05) is 5.39 Å². The maximum atomic E-state index is 7.40. The molecule has 2 aromatic rings. The van der Waals surface area contributed by atoms with Crippen LogP contribution in [0.1, 0.15) is 23.7 Å². The number of aryl methyl sites for hydroxylation is 2. The summed E-state index contributed by atoms with van der Waals surface area (Å²) in [6, 6.07) is 8.08. The second-order valence-electron chi connectivity index (χ2n) is 3.94. The number of benzene rings is 1. The number of hydrogen-bond donors (Lipinski definition) is 2. The summed E-state index contributed by atoms with van der Waals surface area (Å²) >= 11 is 0. The summed E-state index contributed by atoms with van der Waals surface area (Å²) in [5.41, 5.74) is 9.32. The molecule has 0 atom stereocenters. The van der Waals surface area contributed by atoms with Crippen LogP contribution in [0.3, 0.4) is 0 Å². The number of amidine groups is 1. The van der Waals surface area contributed by atoms with Gasteiger partial charge in [0.1, 0.15) is 11.5 Å². The van der Waals surface area contributed by atoms with E-state index < -0.39 is 0 Å². The lowest BCUT2D eigenvalue weighted by Gasteiger charge is -2.06. The fraction of sp³-hybridized carbons (Fsp3) is 0.231. The van der Waals surface area contributed by atoms with E-state index in [4.69, 9.17) is 11.1 Å². The number of nitrogens with two attached hydrogens (primary N) is 1. The van der Waals surface area contributed by atoms with Crippen molar-refractivity contribution in [2.24, 2.45) is 5.73 Å². The molecule has 1 aromatic heterocycles. The van der Waals surface area contributed by atoms with Gasteiger partial charge in [0.15, 0.2) is 0 Å². The molecule has 0 saturated heterocycles. The Labute approximate surface area is 94.8 Å². The van der Waals surface area contributed by atoms with Crippen LogP contribution < -0.4 is 5.73 Å². The Morgan fingerprint density at radius 3 is 2.75 bits per heavy atom. The van der Waals surface area contributed by atoms with Crippen molar-refractivity contribution in [1.29, 1.82) is 5.41 Å². The molecule has 0 aliphatic rings. The van der Waals surface area contributed by atoms with E-state index >= 15 is 0 Å². The van der Waals surface area contributed by atoms with Crippen molar-refractivity contribution in [1.82, 2.24) is 4.98 Å². The van der Waals surface area contributed by atoms with Crippen molar-refractivity contribution < 1.29 is 0 Å². The summed E-state index contributed by atoms with van der Waals surface area (Å²) < 4.78 is 0. The zero-order valence-corrected chi connectivity index (χ0v) is 9.54. The van der Waals surface area contributed by atoms with Crippen LogP contribution in [0.4, 0.5) is 0 Å². The number of rotatable bonds is 2. The maximum absolute atomic E-state index is 7.40. The van der Waals surface area contributed by atoms with Gasteiger partial charge in [-0.2, -0.15) is 0 Å². The number of fused-ring (bicyclic) bond motifs is 1. The molecule has 2 rings (SSSR count). The molecule has 0 spiro atoms. The fourth-order valence-corrected chi connectivity index (χ4v) is 1.80. The van der Waals surface area contributed by atoms with Gasteiger partial charge in [-0.1, -0.05) is 13.0 Å². The first kappa shape index (κ1) is 10.6. The van der Waals surface area contributed by atoms with E-state index in [2.05, 4.69) is 24.0 Å². The highest BCUT2D eigenvalue weighted by atomic mass is 14.8. The zero-order valence-electron chi connectivity index (χ0n) is 9.54. The van der Waals surface area contributed by atoms with Crippen LogP contribution in [-0.4, -0.2) is 10.8 Å². The third kappa shape index (κ3) is 1.76. The first-order valence-electron chi connectivity index (χ1n) is 5.36. The second-order valence-corrected chi connectivity index (χ2v) is 3.94. The van der Waals surface area contributed by atoms with Crippen LogP contribution in [0, 0.1) is 12.3 Å². The molecule has 0 radical (unpaired) electrons. The molecule has 1 heterocycles. The van der Waals surface area contributed by atoms with Gasteiger partial charge >= 0.3 is 0 Å². The second kappa shape index (κ2) is 3.93. The molecule has 3 nitrogen and oxygen atoms in total. The van der Waals surface area contributed by atoms with Gasteiger partial charge in [-0.15, -0.1) is 0 Å². The van der Waals surface area contributed by atoms with E-state index in [1.54, 1.807) is 0 Å². The molecule has 0 unspecified atom stereocenters. The van der Waals surface area contributed by atoms with Crippen molar-refractivity contribution in [3.05, 3.63) is 41.1 Å². The summed E-state index contributed by atoms with van der Waals surface area (Å²) in [6.45, 7) is 4.16. The Morgan fingerprint density at radius 2 is 2.12 bits per heavy atom. The number of hydrogen-bond acceptors (Lipinski definition) is 2. The Morgan fingerprint density at radius 1 is 1.38 bits per heavy atom. The smallest absolute Gasteiger partial charge is 0.141 e. The molecule has 0 amide bonds. The first-order valence-corrected chi connectivity index (χ1v) is 5.36. The Balaban J connectivity index is 2.71. The Kier molecular flexibility index (Phi) is 2.60. The van der Waals surface area contributed by atoms with Crippen LogP contribution in [-0.2, 0) is 6.42 Å². The summed E-state index contributed by atoms with van der Waals surface area (Å²) in [6.07, 6.45) is 1.02. The lowest BCUT2D eigenvalue weighted by molar-refractivity contribution is 1.14. The normalized spacial score (nSPS) is 10.6. The summed E-state index contributed by atoms with van der Waals surface area (Å²) in [5.74, 6) is 0.0181. The minimum Gasteiger partial charge on any atom is -0.382 e. The third-order valence-electron chi connectivity index (χ3n) is 2.76. The zero-order chi connectivity index (χ0) is 11.7. The van der Waals surface area contributed by atoms with Crippen molar-refractivity contribution >= 4 is 16.7 Å². The van der Waals surface area contributed by atoms with Crippen LogP contribution in [0.15, 0.2) is 24.3 Å². The monoisotopic (exact) mass is 213 g/mol. The van der Waals surface area contributed by atoms with Gasteiger partial charge in [-0.05, 0) is 42.7 Å². The van der Waals surface area contributed by atoms with E-state index in [-0.39, 0.29) is 5.84 Å². The largest absolute Gasteiger partial charge is 0.382 e. The molecule has 1 aromatic carbocycles. The predicted octanol–water partition coefficient (Wildman–Crippen LogP) is 2.39. The highest BCUT2D eigenvalue weighted by Gasteiger charge is 2.05. The fourth-order valence-electron chi connectivity index (χ4n) is 1.80. The summed E-state index contributed by atoms with van der Waals surface area (Å²) in [4.78, 5) is 4.36. The van der Waals surface area contributed by atoms with Gasteiger partial charge in [0.25, 0.3) is 0 Å². The van der Waals surface area contributed by atoms with E-state index in [0.29, 0.717) is 5.69 Å². The molecule has 0 aliphatic carbocycles. The quantitative estimate of drug-likeness (QED) is 0.594. The summed E-state index contributed by atoms with van der Waals surface area (Å²) in [5, 5.41) is 8.54. The molecule has 0 bridgehead atoms. The topological polar surface area (TPSA) is 62.8 Å². The van der Waals surface area contributed by atoms with E-state index in [1.165, 1.54) is 5.56 Å². The SMILES string of the molecule is CCc1ccc2nc(C(=N)N)cc(C)c2c1. The van der Waals surface area contributed by atoms with Crippen molar-refractivity contribution in [3.63, 3.8) is 0 Å². The van der Waals surface area contributed by atoms with Crippen molar-refractivity contribution in [2.45, 2.75) is 20.3 Å². The van der Waals surface area contributed by atoms with Crippen LogP contribution in [0.25, 0.3) is 10.9 Å². The van der Waals surface area contributed by atoms with Crippen LogP contribution >= 0.6 is 0 Å². The highest BCUT2D eigenvalue weighted by Crippen LogP contribution is 2.19. The highest BCUT2D eigenvalue weighted by molar-refractivity contribution is 5.96. The van der Waals surface area contributed by atoms with E-state index in [9.17, 15) is 0 Å². The lowest BCUT2D eigenvalue weighted by Crippen LogP contribution is -2.13. The summed E-state index contributed by atoms with van der Waals surface area (Å²) in [7, 11) is 0. The number of nitrogen functional groups attached to an aromatic ring is 1. The van der Waals surface area contributed by atoms with Crippen molar-refractivity contribution in [3.8, 4) is 0 Å². The Bertz CT molecular complexity index is 558. The minimum atomic E-state index is 0.0181. The number of pyridine rings is 1. The minimum absolute atomic E-state index is 0.0181. The maximum Gasteiger partial charge on any atom is 0.141 e. The molecule has 0 fully saturated rings. The standard InChI is InChI=1S/C13H15N3/c1-3-9-4-5-11-10(7-9)8(2)6-12(16-11)13(14)15/h4-7H,3H2,1-2H3,(H3,14,15). The molecule has 3 N–H and O–H groups in total. The molecular formula is C13H15N3. The van der Waals surface area contributed by atoms with Crippen LogP contribution in [0.5, 0.6) is 0 Å². The van der Waals surface area contributed by atoms with Gasteiger partial charge < -0.3 is 5.73 Å². The van der Waals surface area contributed by atoms with Gasteiger partial charge in [-0.25, -0.2) is 4.98 Å². The molecule has 16 heavy (non-hydrogen) atoms. The van der Waals surface area contributed by atoms with Crippen molar-refractivity contribution in [2.75, 3.05) is 0 Å². The number of aromatic nitrogens is 1. The molecular weight excluding hydrogens is 198 g/mol. The molecule has 0 aliphatic heterocycles. The van der Waals surface area contributed by atoms with E-state index in [0.717, 1.165) is 22.9 Å². The number of nitrogens with one attached hydrogen (secondary N) is 1. The average Bonchev–Trinajstić information content (AvgIpc) is 2.28. The van der Waals surface area contributed by atoms with E-state index in [1.807, 2.05) is 19.1 Å². The molecule has 3 heteroatoms. The lowest BCUT2D eigenvalue weighted by atomic mass is 10.0.